The van der Waals surface area contributed by atoms with E-state index in [1.165, 1.54) is 5.56 Å². The molecule has 0 amide bonds. The second kappa shape index (κ2) is 7.30. The molecule has 1 rings (SSSR count). The number of nitrogens with one attached hydrogen (secondary N) is 1. The summed E-state index contributed by atoms with van der Waals surface area (Å²) >= 11 is 3.55. The molecule has 0 saturated heterocycles. The van der Waals surface area contributed by atoms with Crippen LogP contribution in [0.25, 0.3) is 0 Å². The van der Waals surface area contributed by atoms with E-state index in [4.69, 9.17) is 4.74 Å². The maximum atomic E-state index is 5.93. The Labute approximate surface area is 126 Å². The third kappa shape index (κ3) is 6.44. The first kappa shape index (κ1) is 16.5. The molecule has 0 aliphatic rings. The summed E-state index contributed by atoms with van der Waals surface area (Å²) in [4.78, 5) is 0. The minimum atomic E-state index is 0.124. The number of hydrogen-bond acceptors (Lipinski definition) is 2. The lowest BCUT2D eigenvalue weighted by molar-refractivity contribution is 0.174. The smallest absolute Gasteiger partial charge is 0.133 e. The fraction of sp³-hybridized carbons (Fsp3) is 0.625. The van der Waals surface area contributed by atoms with Gasteiger partial charge in [0.15, 0.2) is 0 Å². The van der Waals surface area contributed by atoms with Crippen molar-refractivity contribution in [2.24, 2.45) is 11.3 Å². The van der Waals surface area contributed by atoms with Crippen molar-refractivity contribution in [3.8, 4) is 5.75 Å². The van der Waals surface area contributed by atoms with Crippen LogP contribution in [-0.2, 0) is 0 Å². The van der Waals surface area contributed by atoms with Crippen LogP contribution in [-0.4, -0.2) is 19.7 Å². The van der Waals surface area contributed by atoms with E-state index in [2.05, 4.69) is 68.0 Å². The number of rotatable bonds is 7. The molecule has 0 spiro atoms. The summed E-state index contributed by atoms with van der Waals surface area (Å²) < 4.78 is 6.95. The molecule has 0 atom stereocenters. The highest BCUT2D eigenvalue weighted by Gasteiger charge is 2.19. The van der Waals surface area contributed by atoms with Crippen LogP contribution in [0.4, 0.5) is 0 Å². The van der Waals surface area contributed by atoms with Crippen LogP contribution in [0.15, 0.2) is 22.7 Å². The molecule has 3 heteroatoms. The summed E-state index contributed by atoms with van der Waals surface area (Å²) in [5, 5.41) is 3.49. The number of hydrogen-bond donors (Lipinski definition) is 1. The Morgan fingerprint density at radius 2 is 2.00 bits per heavy atom. The summed E-state index contributed by atoms with van der Waals surface area (Å²) in [6.45, 7) is 13.7. The third-order valence-corrected chi connectivity index (χ3v) is 3.48. The van der Waals surface area contributed by atoms with Crippen molar-refractivity contribution < 1.29 is 4.74 Å². The van der Waals surface area contributed by atoms with E-state index in [0.29, 0.717) is 12.5 Å². The monoisotopic (exact) mass is 327 g/mol. The number of aryl methyl sites for hydroxylation is 1. The first-order valence-electron chi connectivity index (χ1n) is 6.90. The van der Waals surface area contributed by atoms with E-state index in [-0.39, 0.29) is 5.41 Å². The van der Waals surface area contributed by atoms with Gasteiger partial charge in [-0.25, -0.2) is 0 Å². The maximum Gasteiger partial charge on any atom is 0.133 e. The summed E-state index contributed by atoms with van der Waals surface area (Å²) in [7, 11) is 0. The number of benzene rings is 1. The fourth-order valence-corrected chi connectivity index (χ4v) is 2.35. The average Bonchev–Trinajstić information content (AvgIpc) is 2.27. The van der Waals surface area contributed by atoms with Crippen LogP contribution in [0.3, 0.4) is 0 Å². The topological polar surface area (TPSA) is 21.3 Å². The molecular formula is C16H26BrNO. The lowest BCUT2D eigenvalue weighted by Gasteiger charge is -2.26. The largest absolute Gasteiger partial charge is 0.492 e. The van der Waals surface area contributed by atoms with Crippen LogP contribution in [0, 0.1) is 18.3 Å². The fourth-order valence-electron chi connectivity index (χ4n) is 1.75. The first-order valence-corrected chi connectivity index (χ1v) is 7.69. The van der Waals surface area contributed by atoms with Crippen LogP contribution in [0.1, 0.15) is 33.3 Å². The molecule has 108 valence electrons. The highest BCUT2D eigenvalue weighted by molar-refractivity contribution is 9.10. The second-order valence-corrected chi connectivity index (χ2v) is 7.27. The SMILES string of the molecule is Cc1ccc(OCC(C)(C)CNCC(C)C)c(Br)c1. The molecule has 0 heterocycles. The van der Waals surface area contributed by atoms with E-state index in [9.17, 15) is 0 Å². The summed E-state index contributed by atoms with van der Waals surface area (Å²) in [6.07, 6.45) is 0. The highest BCUT2D eigenvalue weighted by atomic mass is 79.9. The molecule has 1 aromatic rings. The molecule has 0 aromatic heterocycles. The summed E-state index contributed by atoms with van der Waals surface area (Å²) in [6, 6.07) is 6.18. The van der Waals surface area contributed by atoms with E-state index < -0.39 is 0 Å². The normalized spacial score (nSPS) is 11.9. The highest BCUT2D eigenvalue weighted by Crippen LogP contribution is 2.27. The van der Waals surface area contributed by atoms with Gasteiger partial charge in [-0.1, -0.05) is 33.8 Å². The van der Waals surface area contributed by atoms with Gasteiger partial charge in [0.2, 0.25) is 0 Å². The molecule has 2 nitrogen and oxygen atoms in total. The quantitative estimate of drug-likeness (QED) is 0.801. The zero-order valence-corrected chi connectivity index (χ0v) is 14.3. The van der Waals surface area contributed by atoms with Crippen molar-refractivity contribution >= 4 is 15.9 Å². The third-order valence-electron chi connectivity index (χ3n) is 2.86. The van der Waals surface area contributed by atoms with Crippen LogP contribution >= 0.6 is 15.9 Å². The number of ether oxygens (including phenoxy) is 1. The second-order valence-electron chi connectivity index (χ2n) is 6.41. The molecule has 0 aliphatic carbocycles. The Hall–Kier alpha value is -0.540. The Balaban J connectivity index is 2.45. The number of halogens is 1. The maximum absolute atomic E-state index is 5.93. The van der Waals surface area contributed by atoms with Gasteiger partial charge in [0.25, 0.3) is 0 Å². The van der Waals surface area contributed by atoms with Gasteiger partial charge >= 0.3 is 0 Å². The van der Waals surface area contributed by atoms with E-state index >= 15 is 0 Å². The molecule has 0 radical (unpaired) electrons. The van der Waals surface area contributed by atoms with Crippen molar-refractivity contribution in [1.29, 1.82) is 0 Å². The molecule has 0 unspecified atom stereocenters. The van der Waals surface area contributed by atoms with Gasteiger partial charge in [0, 0.05) is 12.0 Å². The van der Waals surface area contributed by atoms with Crippen LogP contribution in [0.2, 0.25) is 0 Å². The van der Waals surface area contributed by atoms with Gasteiger partial charge in [0.05, 0.1) is 11.1 Å². The van der Waals surface area contributed by atoms with Crippen LogP contribution in [0.5, 0.6) is 5.75 Å². The van der Waals surface area contributed by atoms with Gasteiger partial charge in [-0.15, -0.1) is 0 Å². The van der Waals surface area contributed by atoms with Gasteiger partial charge in [-0.2, -0.15) is 0 Å². The van der Waals surface area contributed by atoms with Crippen molar-refractivity contribution in [3.63, 3.8) is 0 Å². The predicted octanol–water partition coefficient (Wildman–Crippen LogP) is 4.41. The summed E-state index contributed by atoms with van der Waals surface area (Å²) in [5.74, 6) is 1.60. The van der Waals surface area contributed by atoms with Gasteiger partial charge in [-0.3, -0.25) is 0 Å². The molecule has 19 heavy (non-hydrogen) atoms. The Bertz CT molecular complexity index is 402. The molecule has 0 aliphatic heterocycles. The Morgan fingerprint density at radius 1 is 1.32 bits per heavy atom. The Kier molecular flexibility index (Phi) is 6.34. The predicted molar refractivity (Wildman–Crippen MR) is 85.9 cm³/mol. The average molecular weight is 328 g/mol. The molecular weight excluding hydrogens is 302 g/mol. The van der Waals surface area contributed by atoms with Crippen molar-refractivity contribution in [3.05, 3.63) is 28.2 Å². The standard InChI is InChI=1S/C16H26BrNO/c1-12(2)9-18-10-16(4,5)11-19-15-7-6-13(3)8-14(15)17/h6-8,12,18H,9-11H2,1-5H3. The zero-order chi connectivity index (χ0) is 14.5. The lowest BCUT2D eigenvalue weighted by Crippen LogP contribution is -2.35. The van der Waals surface area contributed by atoms with E-state index in [1.807, 2.05) is 6.07 Å². The first-order chi connectivity index (χ1) is 8.80. The minimum absolute atomic E-state index is 0.124. The molecule has 0 bridgehead atoms. The van der Waals surface area contributed by atoms with E-state index in [0.717, 1.165) is 23.3 Å². The van der Waals surface area contributed by atoms with Gasteiger partial charge < -0.3 is 10.1 Å². The van der Waals surface area contributed by atoms with Crippen molar-refractivity contribution in [1.82, 2.24) is 5.32 Å². The molecule has 1 N–H and O–H groups in total. The van der Waals surface area contributed by atoms with Crippen molar-refractivity contribution in [2.75, 3.05) is 19.7 Å². The van der Waals surface area contributed by atoms with E-state index in [1.54, 1.807) is 0 Å². The van der Waals surface area contributed by atoms with Gasteiger partial charge in [-0.05, 0) is 53.0 Å². The van der Waals surface area contributed by atoms with Gasteiger partial charge in [0.1, 0.15) is 5.75 Å². The molecule has 0 fully saturated rings. The zero-order valence-electron chi connectivity index (χ0n) is 12.7. The lowest BCUT2D eigenvalue weighted by atomic mass is 9.94. The van der Waals surface area contributed by atoms with Crippen LogP contribution < -0.4 is 10.1 Å². The molecule has 1 aromatic carbocycles. The minimum Gasteiger partial charge on any atom is -0.492 e. The molecule has 0 saturated carbocycles. The Morgan fingerprint density at radius 3 is 2.58 bits per heavy atom. The van der Waals surface area contributed by atoms with Crippen molar-refractivity contribution in [2.45, 2.75) is 34.6 Å². The summed E-state index contributed by atoms with van der Waals surface area (Å²) in [5.41, 5.74) is 1.36.